The molecule has 1 aromatic carbocycles. The molecule has 0 spiro atoms. The van der Waals surface area contributed by atoms with E-state index in [1.54, 1.807) is 23.5 Å². The van der Waals surface area contributed by atoms with E-state index in [0.717, 1.165) is 4.88 Å². The van der Waals surface area contributed by atoms with E-state index in [1.165, 1.54) is 22.6 Å². The molecule has 0 unspecified atom stereocenters. The fourth-order valence-electron chi connectivity index (χ4n) is 1.91. The highest BCUT2D eigenvalue weighted by Crippen LogP contribution is 2.30. The van der Waals surface area contributed by atoms with Crippen LogP contribution >= 0.6 is 11.3 Å². The number of hydrogen-bond acceptors (Lipinski definition) is 5. The summed E-state index contributed by atoms with van der Waals surface area (Å²) in [5.41, 5.74) is 2.00. The first-order chi connectivity index (χ1) is 10.0. The summed E-state index contributed by atoms with van der Waals surface area (Å²) in [6, 6.07) is 8.48. The molecule has 1 N–H and O–H groups in total. The smallest absolute Gasteiger partial charge is 0.335 e. The van der Waals surface area contributed by atoms with E-state index in [1.807, 2.05) is 19.9 Å². The summed E-state index contributed by atoms with van der Waals surface area (Å²) < 4.78 is 5.28. The van der Waals surface area contributed by atoms with Crippen molar-refractivity contribution in [3.05, 3.63) is 46.3 Å². The summed E-state index contributed by atoms with van der Waals surface area (Å²) in [7, 11) is 0. The Morgan fingerprint density at radius 1 is 1.29 bits per heavy atom. The molecule has 0 amide bonds. The van der Waals surface area contributed by atoms with Crippen molar-refractivity contribution in [2.75, 3.05) is 0 Å². The molecule has 5 nitrogen and oxygen atoms in total. The molecule has 2 aromatic heterocycles. The summed E-state index contributed by atoms with van der Waals surface area (Å²) in [5.74, 6) is -0.145. The fraction of sp³-hybridized carbons (Fsp3) is 0.133. The van der Waals surface area contributed by atoms with Gasteiger partial charge in [0.2, 0.25) is 5.82 Å². The minimum absolute atomic E-state index is 0.196. The number of benzene rings is 1. The van der Waals surface area contributed by atoms with Crippen molar-refractivity contribution in [2.24, 2.45) is 0 Å². The molecule has 0 atom stereocenters. The van der Waals surface area contributed by atoms with Gasteiger partial charge in [0.1, 0.15) is 0 Å². The zero-order valence-corrected chi connectivity index (χ0v) is 12.3. The molecular formula is C15H12N2O3S. The molecule has 0 bridgehead atoms. The summed E-state index contributed by atoms with van der Waals surface area (Å²) in [6.45, 7) is 4.07. The number of nitrogens with zero attached hydrogens (tertiary/aromatic N) is 2. The zero-order chi connectivity index (χ0) is 15.0. The summed E-state index contributed by atoms with van der Waals surface area (Å²) in [5, 5.41) is 12.9. The number of thiophene rings is 1. The Morgan fingerprint density at radius 2 is 2.10 bits per heavy atom. The third-order valence-corrected chi connectivity index (χ3v) is 4.31. The Labute approximate surface area is 124 Å². The molecule has 3 aromatic rings. The first-order valence-corrected chi connectivity index (χ1v) is 7.11. The third-order valence-electron chi connectivity index (χ3n) is 3.17. The van der Waals surface area contributed by atoms with E-state index in [9.17, 15) is 4.79 Å². The molecule has 3 rings (SSSR count). The second kappa shape index (κ2) is 5.14. The maximum absolute atomic E-state index is 11.0. The number of carbonyl (C=O) groups is 1. The predicted molar refractivity (Wildman–Crippen MR) is 79.5 cm³/mol. The van der Waals surface area contributed by atoms with Gasteiger partial charge in [0.15, 0.2) is 0 Å². The van der Waals surface area contributed by atoms with E-state index in [0.29, 0.717) is 17.3 Å². The van der Waals surface area contributed by atoms with Gasteiger partial charge in [-0.1, -0.05) is 17.3 Å². The maximum Gasteiger partial charge on any atom is 0.335 e. The number of aromatic carboxylic acids is 1. The molecular weight excluding hydrogens is 288 g/mol. The molecule has 6 heteroatoms. The number of aryl methyl sites for hydroxylation is 2. The summed E-state index contributed by atoms with van der Waals surface area (Å²) in [4.78, 5) is 17.5. The van der Waals surface area contributed by atoms with Crippen LogP contribution in [0.1, 0.15) is 20.8 Å². The van der Waals surface area contributed by atoms with Crippen molar-refractivity contribution in [3.63, 3.8) is 0 Å². The minimum atomic E-state index is -0.981. The SMILES string of the molecule is Cc1cc(-c2nc(-c3cccc(C(=O)O)c3)no2)sc1C. The Bertz CT molecular complexity index is 800. The Morgan fingerprint density at radius 3 is 2.76 bits per heavy atom. The van der Waals surface area contributed by atoms with Crippen LogP contribution in [0.15, 0.2) is 34.9 Å². The second-order valence-corrected chi connectivity index (χ2v) is 5.92. The molecule has 0 aliphatic heterocycles. The molecule has 0 fully saturated rings. The van der Waals surface area contributed by atoms with Crippen LogP contribution in [0.25, 0.3) is 22.2 Å². The van der Waals surface area contributed by atoms with Gasteiger partial charge in [-0.15, -0.1) is 11.3 Å². The number of carboxylic acids is 1. The molecule has 21 heavy (non-hydrogen) atoms. The van der Waals surface area contributed by atoms with E-state index < -0.39 is 5.97 Å². The highest BCUT2D eigenvalue weighted by molar-refractivity contribution is 7.15. The van der Waals surface area contributed by atoms with Gasteiger partial charge < -0.3 is 9.63 Å². The van der Waals surface area contributed by atoms with Crippen molar-refractivity contribution >= 4 is 17.3 Å². The highest BCUT2D eigenvalue weighted by Gasteiger charge is 2.14. The van der Waals surface area contributed by atoms with Gasteiger partial charge in [-0.25, -0.2) is 4.79 Å². The highest BCUT2D eigenvalue weighted by atomic mass is 32.1. The van der Waals surface area contributed by atoms with Crippen LogP contribution in [0.5, 0.6) is 0 Å². The lowest BCUT2D eigenvalue weighted by atomic mass is 10.1. The molecule has 0 aliphatic rings. The van der Waals surface area contributed by atoms with Crippen LogP contribution in [0.3, 0.4) is 0 Å². The average Bonchev–Trinajstić information content (AvgIpc) is 3.07. The van der Waals surface area contributed by atoms with E-state index in [4.69, 9.17) is 9.63 Å². The predicted octanol–water partition coefficient (Wildman–Crippen LogP) is 3.78. The van der Waals surface area contributed by atoms with Crippen LogP contribution in [-0.2, 0) is 0 Å². The lowest BCUT2D eigenvalue weighted by molar-refractivity contribution is 0.0697. The van der Waals surface area contributed by atoms with Crippen molar-refractivity contribution in [1.82, 2.24) is 10.1 Å². The monoisotopic (exact) mass is 300 g/mol. The summed E-state index contributed by atoms with van der Waals surface area (Å²) >= 11 is 1.59. The number of aromatic nitrogens is 2. The number of hydrogen-bond donors (Lipinski definition) is 1. The van der Waals surface area contributed by atoms with Gasteiger partial charge in [-0.05, 0) is 37.6 Å². The lowest BCUT2D eigenvalue weighted by Gasteiger charge is -1.96. The molecule has 2 heterocycles. The standard InChI is InChI=1S/C15H12N2O3S/c1-8-6-12(21-9(8)2)14-16-13(17-20-14)10-4-3-5-11(7-10)15(18)19/h3-7H,1-2H3,(H,18,19). The van der Waals surface area contributed by atoms with Crippen molar-refractivity contribution in [1.29, 1.82) is 0 Å². The van der Waals surface area contributed by atoms with Crippen LogP contribution in [0.4, 0.5) is 0 Å². The van der Waals surface area contributed by atoms with Gasteiger partial charge in [-0.2, -0.15) is 4.98 Å². The average molecular weight is 300 g/mol. The topological polar surface area (TPSA) is 76.2 Å². The van der Waals surface area contributed by atoms with Crippen molar-refractivity contribution < 1.29 is 14.4 Å². The third kappa shape index (κ3) is 2.57. The first-order valence-electron chi connectivity index (χ1n) is 6.29. The van der Waals surface area contributed by atoms with E-state index in [2.05, 4.69) is 10.1 Å². The van der Waals surface area contributed by atoms with Gasteiger partial charge in [0, 0.05) is 10.4 Å². The maximum atomic E-state index is 11.0. The molecule has 0 radical (unpaired) electrons. The second-order valence-electron chi connectivity index (χ2n) is 4.66. The molecule has 0 saturated carbocycles. The lowest BCUT2D eigenvalue weighted by Crippen LogP contribution is -1.96. The molecule has 0 aliphatic carbocycles. The Kier molecular flexibility index (Phi) is 3.31. The van der Waals surface area contributed by atoms with Gasteiger partial charge >= 0.3 is 5.97 Å². The summed E-state index contributed by atoms with van der Waals surface area (Å²) in [6.07, 6.45) is 0. The van der Waals surface area contributed by atoms with Crippen molar-refractivity contribution in [2.45, 2.75) is 13.8 Å². The van der Waals surface area contributed by atoms with Crippen LogP contribution in [0.2, 0.25) is 0 Å². The zero-order valence-electron chi connectivity index (χ0n) is 11.5. The largest absolute Gasteiger partial charge is 0.478 e. The van der Waals surface area contributed by atoms with Crippen LogP contribution in [0, 0.1) is 13.8 Å². The van der Waals surface area contributed by atoms with Crippen LogP contribution < -0.4 is 0 Å². The fourth-order valence-corrected chi connectivity index (χ4v) is 2.87. The quantitative estimate of drug-likeness (QED) is 0.796. The molecule has 0 saturated heterocycles. The Hall–Kier alpha value is -2.47. The van der Waals surface area contributed by atoms with E-state index >= 15 is 0 Å². The molecule has 106 valence electrons. The van der Waals surface area contributed by atoms with Gasteiger partial charge in [0.05, 0.1) is 10.4 Å². The van der Waals surface area contributed by atoms with Gasteiger partial charge in [-0.3, -0.25) is 0 Å². The normalized spacial score (nSPS) is 10.8. The number of rotatable bonds is 3. The van der Waals surface area contributed by atoms with Crippen molar-refractivity contribution in [3.8, 4) is 22.2 Å². The Balaban J connectivity index is 1.98. The van der Waals surface area contributed by atoms with Crippen LogP contribution in [-0.4, -0.2) is 21.2 Å². The first kappa shape index (κ1) is 13.5. The van der Waals surface area contributed by atoms with Gasteiger partial charge in [0.25, 0.3) is 5.89 Å². The number of carboxylic acid groups (broad SMARTS) is 1. The van der Waals surface area contributed by atoms with E-state index in [-0.39, 0.29) is 5.56 Å². The minimum Gasteiger partial charge on any atom is -0.478 e.